The summed E-state index contributed by atoms with van der Waals surface area (Å²) in [5.74, 6) is 0.246. The number of amides is 2. The van der Waals surface area contributed by atoms with Gasteiger partial charge in [0.1, 0.15) is 0 Å². The summed E-state index contributed by atoms with van der Waals surface area (Å²) in [6.45, 7) is 5.06. The summed E-state index contributed by atoms with van der Waals surface area (Å²) in [5, 5.41) is 1.07. The van der Waals surface area contributed by atoms with Gasteiger partial charge in [-0.1, -0.05) is 29.3 Å². The number of anilines is 1. The van der Waals surface area contributed by atoms with Crippen molar-refractivity contribution in [2.24, 2.45) is 0 Å². The molecule has 1 atom stereocenters. The van der Waals surface area contributed by atoms with E-state index in [-0.39, 0.29) is 17.2 Å². The SMILES string of the molecule is CC(=O)N(C)C1CCN(CCC2(c3ccc(Cl)c(Cl)c3)CCC(=O)N(c3cccnc3)C2)CC1. The highest BCUT2D eigenvalue weighted by atomic mass is 35.5. The summed E-state index contributed by atoms with van der Waals surface area (Å²) in [4.78, 5) is 35.1. The van der Waals surface area contributed by atoms with Crippen LogP contribution in [-0.4, -0.2) is 65.9 Å². The summed E-state index contributed by atoms with van der Waals surface area (Å²) in [6, 6.07) is 9.99. The normalized spacial score (nSPS) is 22.1. The van der Waals surface area contributed by atoms with Crippen LogP contribution in [0, 0.1) is 0 Å². The highest BCUT2D eigenvalue weighted by Gasteiger charge is 2.41. The zero-order chi connectivity index (χ0) is 24.3. The summed E-state index contributed by atoms with van der Waals surface area (Å²) in [5.41, 5.74) is 1.71. The molecule has 0 N–H and O–H groups in total. The standard InChI is InChI=1S/C26H32Cl2N4O2/c1-19(33)30(2)21-8-13-31(14-9-21)15-11-26(20-5-6-23(27)24(28)16-20)10-7-25(34)32(18-26)22-4-3-12-29-17-22/h3-6,12,16-17,21H,7-11,13-15,18H2,1-2H3. The average Bonchev–Trinajstić information content (AvgIpc) is 2.86. The van der Waals surface area contributed by atoms with Crippen molar-refractivity contribution in [1.29, 1.82) is 0 Å². The predicted molar refractivity (Wildman–Crippen MR) is 136 cm³/mol. The number of rotatable bonds is 6. The van der Waals surface area contributed by atoms with E-state index in [0.717, 1.165) is 56.6 Å². The maximum atomic E-state index is 12.9. The molecule has 182 valence electrons. The van der Waals surface area contributed by atoms with Gasteiger partial charge in [-0.15, -0.1) is 0 Å². The minimum Gasteiger partial charge on any atom is -0.343 e. The van der Waals surface area contributed by atoms with Crippen LogP contribution in [0.1, 0.15) is 44.6 Å². The van der Waals surface area contributed by atoms with E-state index in [9.17, 15) is 9.59 Å². The largest absolute Gasteiger partial charge is 0.343 e. The Labute approximate surface area is 211 Å². The number of benzene rings is 1. The van der Waals surface area contributed by atoms with E-state index in [2.05, 4.69) is 16.0 Å². The van der Waals surface area contributed by atoms with Crippen LogP contribution in [0.2, 0.25) is 10.0 Å². The molecule has 2 aliphatic heterocycles. The van der Waals surface area contributed by atoms with Crippen LogP contribution in [0.25, 0.3) is 0 Å². The summed E-state index contributed by atoms with van der Waals surface area (Å²) >= 11 is 12.7. The van der Waals surface area contributed by atoms with Gasteiger partial charge in [-0.2, -0.15) is 0 Å². The second-order valence-electron chi connectivity index (χ2n) is 9.55. The maximum absolute atomic E-state index is 12.9. The van der Waals surface area contributed by atoms with Crippen molar-refractivity contribution in [2.45, 2.75) is 50.5 Å². The number of hydrogen-bond acceptors (Lipinski definition) is 4. The third-order valence-electron chi connectivity index (χ3n) is 7.58. The van der Waals surface area contributed by atoms with Crippen LogP contribution >= 0.6 is 23.2 Å². The molecule has 1 aromatic carbocycles. The lowest BCUT2D eigenvalue weighted by Crippen LogP contribution is -2.51. The summed E-state index contributed by atoms with van der Waals surface area (Å²) < 4.78 is 0. The Morgan fingerprint density at radius 2 is 1.97 bits per heavy atom. The number of halogens is 2. The Morgan fingerprint density at radius 3 is 2.62 bits per heavy atom. The molecule has 4 rings (SSSR count). The molecule has 6 nitrogen and oxygen atoms in total. The van der Waals surface area contributed by atoms with E-state index in [1.54, 1.807) is 19.3 Å². The van der Waals surface area contributed by atoms with Gasteiger partial charge >= 0.3 is 0 Å². The second kappa shape index (κ2) is 10.6. The highest BCUT2D eigenvalue weighted by Crippen LogP contribution is 2.41. The number of nitrogens with zero attached hydrogens (tertiary/aromatic N) is 4. The lowest BCUT2D eigenvalue weighted by Gasteiger charge is -2.45. The molecule has 0 radical (unpaired) electrons. The van der Waals surface area contributed by atoms with Gasteiger partial charge in [-0.05, 0) is 62.1 Å². The van der Waals surface area contributed by atoms with Crippen molar-refractivity contribution in [1.82, 2.24) is 14.8 Å². The molecule has 0 bridgehead atoms. The van der Waals surface area contributed by atoms with E-state index in [0.29, 0.717) is 29.1 Å². The number of aromatic nitrogens is 1. The minimum absolute atomic E-state index is 0.122. The Balaban J connectivity index is 1.54. The number of carbonyl (C=O) groups is 2. The van der Waals surface area contributed by atoms with Gasteiger partial charge in [0.25, 0.3) is 0 Å². The fourth-order valence-corrected chi connectivity index (χ4v) is 5.57. The number of hydrogen-bond donors (Lipinski definition) is 0. The van der Waals surface area contributed by atoms with Crippen LogP contribution in [0.15, 0.2) is 42.7 Å². The fraction of sp³-hybridized carbons (Fsp3) is 0.500. The van der Waals surface area contributed by atoms with Gasteiger partial charge in [-0.25, -0.2) is 0 Å². The quantitative estimate of drug-likeness (QED) is 0.569. The van der Waals surface area contributed by atoms with E-state index < -0.39 is 0 Å². The van der Waals surface area contributed by atoms with Crippen LogP contribution in [-0.2, 0) is 15.0 Å². The van der Waals surface area contributed by atoms with Crippen LogP contribution in [0.5, 0.6) is 0 Å². The molecular formula is C26H32Cl2N4O2. The van der Waals surface area contributed by atoms with Crippen molar-refractivity contribution in [2.75, 3.05) is 38.1 Å². The van der Waals surface area contributed by atoms with Crippen LogP contribution in [0.3, 0.4) is 0 Å². The number of pyridine rings is 1. The van der Waals surface area contributed by atoms with E-state index in [1.807, 2.05) is 41.1 Å². The molecular weight excluding hydrogens is 471 g/mol. The van der Waals surface area contributed by atoms with Crippen LogP contribution in [0.4, 0.5) is 5.69 Å². The highest BCUT2D eigenvalue weighted by molar-refractivity contribution is 6.42. The first kappa shape index (κ1) is 25.0. The summed E-state index contributed by atoms with van der Waals surface area (Å²) in [7, 11) is 1.90. The summed E-state index contributed by atoms with van der Waals surface area (Å²) in [6.07, 6.45) is 7.58. The van der Waals surface area contributed by atoms with Gasteiger partial charge < -0.3 is 14.7 Å². The van der Waals surface area contributed by atoms with Crippen molar-refractivity contribution >= 4 is 40.7 Å². The molecule has 1 aromatic heterocycles. The first-order valence-electron chi connectivity index (χ1n) is 11.9. The molecule has 2 saturated heterocycles. The molecule has 1 unspecified atom stereocenters. The third-order valence-corrected chi connectivity index (χ3v) is 8.32. The lowest BCUT2D eigenvalue weighted by molar-refractivity contribution is -0.130. The molecule has 2 fully saturated rings. The zero-order valence-corrected chi connectivity index (χ0v) is 21.4. The minimum atomic E-state index is -0.231. The number of carbonyl (C=O) groups excluding carboxylic acids is 2. The Morgan fingerprint density at radius 1 is 1.21 bits per heavy atom. The molecule has 0 aliphatic carbocycles. The zero-order valence-electron chi connectivity index (χ0n) is 19.8. The molecule has 2 aliphatic rings. The van der Waals surface area contributed by atoms with E-state index in [1.165, 1.54) is 0 Å². The monoisotopic (exact) mass is 502 g/mol. The van der Waals surface area contributed by atoms with E-state index in [4.69, 9.17) is 23.2 Å². The first-order valence-corrected chi connectivity index (χ1v) is 12.7. The topological polar surface area (TPSA) is 56.8 Å². The maximum Gasteiger partial charge on any atom is 0.227 e. The smallest absolute Gasteiger partial charge is 0.227 e. The molecule has 34 heavy (non-hydrogen) atoms. The Kier molecular flexibility index (Phi) is 7.80. The molecule has 2 amide bonds. The number of likely N-dealkylation sites (tertiary alicyclic amines) is 1. The van der Waals surface area contributed by atoms with E-state index >= 15 is 0 Å². The fourth-order valence-electron chi connectivity index (χ4n) is 5.27. The second-order valence-corrected chi connectivity index (χ2v) is 10.4. The van der Waals surface area contributed by atoms with Crippen molar-refractivity contribution < 1.29 is 9.59 Å². The predicted octanol–water partition coefficient (Wildman–Crippen LogP) is 4.79. The molecule has 0 spiro atoms. The third kappa shape index (κ3) is 5.40. The molecule has 2 aromatic rings. The molecule has 0 saturated carbocycles. The number of piperidine rings is 2. The van der Waals surface area contributed by atoms with Gasteiger partial charge in [0, 0.05) is 57.7 Å². The van der Waals surface area contributed by atoms with Crippen molar-refractivity contribution in [3.05, 3.63) is 58.3 Å². The Bertz CT molecular complexity index is 1030. The first-order chi connectivity index (χ1) is 16.3. The molecule has 8 heteroatoms. The Hall–Kier alpha value is -2.15. The van der Waals surface area contributed by atoms with Crippen molar-refractivity contribution in [3.63, 3.8) is 0 Å². The van der Waals surface area contributed by atoms with Crippen molar-refractivity contribution in [3.8, 4) is 0 Å². The van der Waals surface area contributed by atoms with Gasteiger partial charge in [0.05, 0.1) is 21.9 Å². The lowest BCUT2D eigenvalue weighted by atomic mass is 9.71. The average molecular weight is 503 g/mol. The molecule has 3 heterocycles. The van der Waals surface area contributed by atoms with Crippen LogP contribution < -0.4 is 4.90 Å². The van der Waals surface area contributed by atoms with Gasteiger partial charge in [0.15, 0.2) is 0 Å². The van der Waals surface area contributed by atoms with Gasteiger partial charge in [-0.3, -0.25) is 14.6 Å². The van der Waals surface area contributed by atoms with Gasteiger partial charge in [0.2, 0.25) is 11.8 Å².